The molecule has 2 fully saturated rings. The van der Waals surface area contributed by atoms with E-state index in [0.717, 1.165) is 0 Å². The molecule has 8 heteroatoms. The quantitative estimate of drug-likeness (QED) is 0.566. The lowest BCUT2D eigenvalue weighted by atomic mass is 9.85. The number of allylic oxidation sites excluding steroid dienone is 2. The van der Waals surface area contributed by atoms with Crippen LogP contribution in [0.5, 0.6) is 0 Å². The third kappa shape index (κ3) is 3.43. The predicted molar refractivity (Wildman–Crippen MR) is 97.5 cm³/mol. The maximum Gasteiger partial charge on any atom is 0.233 e. The largest absolute Gasteiger partial charge is 0.339 e. The van der Waals surface area contributed by atoms with Crippen LogP contribution >= 0.6 is 0 Å². The van der Waals surface area contributed by atoms with Gasteiger partial charge in [0, 0.05) is 51.5 Å². The summed E-state index contributed by atoms with van der Waals surface area (Å²) in [5.74, 6) is -0.0354. The van der Waals surface area contributed by atoms with Gasteiger partial charge in [-0.3, -0.25) is 19.3 Å². The molecule has 2 saturated heterocycles. The molecule has 1 aromatic heterocycles. The van der Waals surface area contributed by atoms with Crippen molar-refractivity contribution < 1.29 is 14.4 Å². The Morgan fingerprint density at radius 1 is 0.963 bits per heavy atom. The van der Waals surface area contributed by atoms with Crippen LogP contribution in [0, 0.1) is 11.8 Å². The number of hydrogen-bond donors (Lipinski definition) is 0. The molecule has 4 rings (SSSR count). The van der Waals surface area contributed by atoms with Gasteiger partial charge < -0.3 is 9.80 Å². The summed E-state index contributed by atoms with van der Waals surface area (Å²) in [4.78, 5) is 51.1. The second-order valence-electron chi connectivity index (χ2n) is 7.15. The Hall–Kier alpha value is -2.77. The molecule has 2 atom stereocenters. The predicted octanol–water partition coefficient (Wildman–Crippen LogP) is 0.466. The highest BCUT2D eigenvalue weighted by molar-refractivity contribution is 6.05. The maximum absolute atomic E-state index is 12.5. The molecular formula is C19H23N5O3. The molecule has 0 saturated carbocycles. The molecule has 142 valence electrons. The standard InChI is InChI=1S/C19H23N5O3/c25-16(22-10-12-23(13-11-22)19-20-7-3-8-21-19)6-9-24-17(26)14-4-1-2-5-15(14)18(24)27/h1-3,7-8,14-15H,4-6,9-13H2. The first kappa shape index (κ1) is 17.6. The summed E-state index contributed by atoms with van der Waals surface area (Å²) in [7, 11) is 0. The lowest BCUT2D eigenvalue weighted by molar-refractivity contribution is -0.140. The lowest BCUT2D eigenvalue weighted by Crippen LogP contribution is -2.50. The number of nitrogens with zero attached hydrogens (tertiary/aromatic N) is 5. The number of likely N-dealkylation sites (tertiary alicyclic amines) is 1. The Morgan fingerprint density at radius 2 is 1.56 bits per heavy atom. The Balaban J connectivity index is 1.28. The average molecular weight is 369 g/mol. The zero-order valence-electron chi connectivity index (χ0n) is 15.2. The van der Waals surface area contributed by atoms with Crippen LogP contribution in [0.2, 0.25) is 0 Å². The van der Waals surface area contributed by atoms with Crippen molar-refractivity contribution in [1.29, 1.82) is 0 Å². The minimum absolute atomic E-state index is 0.0165. The molecule has 3 amide bonds. The van der Waals surface area contributed by atoms with Gasteiger partial charge in [-0.2, -0.15) is 0 Å². The number of amides is 3. The van der Waals surface area contributed by atoms with E-state index in [1.54, 1.807) is 23.4 Å². The van der Waals surface area contributed by atoms with Gasteiger partial charge in [-0.15, -0.1) is 0 Å². The number of piperazine rings is 1. The summed E-state index contributed by atoms with van der Waals surface area (Å²) in [5, 5.41) is 0. The van der Waals surface area contributed by atoms with Crippen LogP contribution in [0.3, 0.4) is 0 Å². The van der Waals surface area contributed by atoms with E-state index in [1.165, 1.54) is 4.90 Å². The molecule has 0 bridgehead atoms. The van der Waals surface area contributed by atoms with Gasteiger partial charge in [0.05, 0.1) is 11.8 Å². The molecule has 2 aliphatic heterocycles. The fraction of sp³-hybridized carbons (Fsp3) is 0.526. The Bertz CT molecular complexity index is 732. The fourth-order valence-corrected chi connectivity index (χ4v) is 4.07. The molecule has 0 N–H and O–H groups in total. The molecule has 8 nitrogen and oxygen atoms in total. The van der Waals surface area contributed by atoms with Gasteiger partial charge in [-0.05, 0) is 18.9 Å². The zero-order chi connectivity index (χ0) is 18.8. The monoisotopic (exact) mass is 369 g/mol. The first-order chi connectivity index (χ1) is 13.1. The zero-order valence-corrected chi connectivity index (χ0v) is 15.2. The number of imide groups is 1. The van der Waals surface area contributed by atoms with Gasteiger partial charge in [0.25, 0.3) is 0 Å². The molecule has 1 aromatic rings. The third-order valence-electron chi connectivity index (χ3n) is 5.62. The Kier molecular flexibility index (Phi) is 4.87. The summed E-state index contributed by atoms with van der Waals surface area (Å²) in [6.45, 7) is 2.72. The summed E-state index contributed by atoms with van der Waals surface area (Å²) < 4.78 is 0. The van der Waals surface area contributed by atoms with Crippen molar-refractivity contribution in [3.63, 3.8) is 0 Å². The average Bonchev–Trinajstić information content (AvgIpc) is 2.97. The maximum atomic E-state index is 12.5. The van der Waals surface area contributed by atoms with Crippen LogP contribution in [-0.4, -0.2) is 70.2 Å². The van der Waals surface area contributed by atoms with Crippen LogP contribution in [0.4, 0.5) is 5.95 Å². The lowest BCUT2D eigenvalue weighted by Gasteiger charge is -2.34. The van der Waals surface area contributed by atoms with Gasteiger partial charge in [0.2, 0.25) is 23.7 Å². The van der Waals surface area contributed by atoms with E-state index in [9.17, 15) is 14.4 Å². The van der Waals surface area contributed by atoms with Gasteiger partial charge >= 0.3 is 0 Å². The van der Waals surface area contributed by atoms with E-state index in [4.69, 9.17) is 0 Å². The second-order valence-corrected chi connectivity index (χ2v) is 7.15. The van der Waals surface area contributed by atoms with Crippen molar-refractivity contribution in [3.05, 3.63) is 30.6 Å². The first-order valence-corrected chi connectivity index (χ1v) is 9.45. The molecule has 0 spiro atoms. The molecule has 2 unspecified atom stereocenters. The van der Waals surface area contributed by atoms with Crippen molar-refractivity contribution in [2.45, 2.75) is 19.3 Å². The number of anilines is 1. The summed E-state index contributed by atoms with van der Waals surface area (Å²) >= 11 is 0. The van der Waals surface area contributed by atoms with Crippen molar-refractivity contribution in [1.82, 2.24) is 19.8 Å². The number of carbonyl (C=O) groups excluding carboxylic acids is 3. The molecular weight excluding hydrogens is 346 g/mol. The fourth-order valence-electron chi connectivity index (χ4n) is 4.07. The molecule has 3 aliphatic rings. The molecule has 1 aliphatic carbocycles. The first-order valence-electron chi connectivity index (χ1n) is 9.45. The van der Waals surface area contributed by atoms with Crippen LogP contribution in [0.15, 0.2) is 30.6 Å². The number of carbonyl (C=O) groups is 3. The molecule has 0 radical (unpaired) electrons. The van der Waals surface area contributed by atoms with Gasteiger partial charge in [-0.25, -0.2) is 9.97 Å². The van der Waals surface area contributed by atoms with E-state index in [-0.39, 0.29) is 42.5 Å². The number of aromatic nitrogens is 2. The van der Waals surface area contributed by atoms with Crippen LogP contribution in [0.25, 0.3) is 0 Å². The molecule has 3 heterocycles. The van der Waals surface area contributed by atoms with E-state index >= 15 is 0 Å². The second kappa shape index (κ2) is 7.46. The van der Waals surface area contributed by atoms with Crippen molar-refractivity contribution in [2.75, 3.05) is 37.6 Å². The van der Waals surface area contributed by atoms with Crippen LogP contribution in [0.1, 0.15) is 19.3 Å². The number of hydrogen-bond acceptors (Lipinski definition) is 6. The summed E-state index contributed by atoms with van der Waals surface area (Å²) in [5.41, 5.74) is 0. The van der Waals surface area contributed by atoms with E-state index in [0.29, 0.717) is 45.0 Å². The topological polar surface area (TPSA) is 86.7 Å². The number of rotatable bonds is 4. The van der Waals surface area contributed by atoms with Crippen molar-refractivity contribution in [3.8, 4) is 0 Å². The van der Waals surface area contributed by atoms with Crippen LogP contribution < -0.4 is 4.90 Å². The normalized spacial score (nSPS) is 25.1. The minimum atomic E-state index is -0.230. The van der Waals surface area contributed by atoms with Crippen molar-refractivity contribution in [2.24, 2.45) is 11.8 Å². The van der Waals surface area contributed by atoms with Crippen LogP contribution in [-0.2, 0) is 14.4 Å². The summed E-state index contributed by atoms with van der Waals surface area (Å²) in [6.07, 6.45) is 8.79. The van der Waals surface area contributed by atoms with Crippen molar-refractivity contribution >= 4 is 23.7 Å². The SMILES string of the molecule is O=C(CCN1C(=O)C2CC=CCC2C1=O)N1CCN(c2ncccn2)CC1. The smallest absolute Gasteiger partial charge is 0.233 e. The Morgan fingerprint density at radius 3 is 2.15 bits per heavy atom. The highest BCUT2D eigenvalue weighted by Gasteiger charge is 2.47. The Labute approximate surface area is 157 Å². The highest BCUT2D eigenvalue weighted by atomic mass is 16.2. The molecule has 0 aromatic carbocycles. The van der Waals surface area contributed by atoms with E-state index in [2.05, 4.69) is 14.9 Å². The highest BCUT2D eigenvalue weighted by Crippen LogP contribution is 2.35. The summed E-state index contributed by atoms with van der Waals surface area (Å²) in [6, 6.07) is 1.77. The third-order valence-corrected chi connectivity index (χ3v) is 5.62. The minimum Gasteiger partial charge on any atom is -0.339 e. The van der Waals surface area contributed by atoms with Gasteiger partial charge in [0.1, 0.15) is 0 Å². The molecule has 27 heavy (non-hydrogen) atoms. The van der Waals surface area contributed by atoms with E-state index < -0.39 is 0 Å². The number of fused-ring (bicyclic) bond motifs is 1. The van der Waals surface area contributed by atoms with E-state index in [1.807, 2.05) is 12.2 Å². The van der Waals surface area contributed by atoms with Gasteiger partial charge in [0.15, 0.2) is 0 Å². The van der Waals surface area contributed by atoms with Gasteiger partial charge in [-0.1, -0.05) is 12.2 Å².